The van der Waals surface area contributed by atoms with Gasteiger partial charge in [0, 0.05) is 18.6 Å². The van der Waals surface area contributed by atoms with E-state index in [1.54, 1.807) is 6.33 Å². The van der Waals surface area contributed by atoms with Crippen molar-refractivity contribution >= 4 is 22.9 Å². The summed E-state index contributed by atoms with van der Waals surface area (Å²) in [5, 5.41) is 6.71. The second kappa shape index (κ2) is 8.21. The quantitative estimate of drug-likeness (QED) is 0.689. The van der Waals surface area contributed by atoms with Crippen molar-refractivity contribution in [2.75, 3.05) is 11.9 Å². The molecule has 2 aromatic heterocycles. The molecule has 0 spiro atoms. The minimum absolute atomic E-state index is 0.0104. The van der Waals surface area contributed by atoms with Crippen molar-refractivity contribution < 1.29 is 9.53 Å². The van der Waals surface area contributed by atoms with Crippen LogP contribution in [0.25, 0.3) is 11.2 Å². The molecular weight excluding hydrogens is 344 g/mol. The molecule has 2 fully saturated rings. The summed E-state index contributed by atoms with van der Waals surface area (Å²) in [5.41, 5.74) is 1.45. The monoisotopic (exact) mass is 372 g/mol. The Bertz CT molecular complexity index is 774. The number of carbonyl (C=O) groups is 1. The van der Waals surface area contributed by atoms with Gasteiger partial charge in [-0.25, -0.2) is 15.0 Å². The number of anilines is 1. The highest BCUT2D eigenvalue weighted by atomic mass is 16.5. The molecule has 4 rings (SSSR count). The molecule has 2 aliphatic carbocycles. The van der Waals surface area contributed by atoms with Crippen molar-refractivity contribution in [3.8, 4) is 0 Å². The zero-order valence-corrected chi connectivity index (χ0v) is 15.8. The predicted molar refractivity (Wildman–Crippen MR) is 102 cm³/mol. The third kappa shape index (κ3) is 4.05. The van der Waals surface area contributed by atoms with E-state index in [4.69, 9.17) is 4.74 Å². The Kier molecular flexibility index (Phi) is 5.52. The van der Waals surface area contributed by atoms with E-state index in [1.807, 2.05) is 0 Å². The Balaban J connectivity index is 1.43. The van der Waals surface area contributed by atoms with Crippen LogP contribution in [-0.2, 0) is 9.53 Å². The van der Waals surface area contributed by atoms with E-state index in [9.17, 15) is 4.79 Å². The van der Waals surface area contributed by atoms with E-state index < -0.39 is 0 Å². The molecule has 0 aliphatic heterocycles. The molecule has 2 heterocycles. The zero-order valence-electron chi connectivity index (χ0n) is 15.8. The van der Waals surface area contributed by atoms with Gasteiger partial charge in [0.25, 0.3) is 0 Å². The van der Waals surface area contributed by atoms with Crippen LogP contribution in [0.1, 0.15) is 51.9 Å². The molecule has 3 N–H and O–H groups in total. The molecule has 0 radical (unpaired) electrons. The SMILES string of the molecule is CCCO[C@@H]1C[C@@H](C(=O)NC2CCC2)CC[C@H]1Nc1ncnc2nc[nH]c12. The van der Waals surface area contributed by atoms with Gasteiger partial charge in [0.05, 0.1) is 18.5 Å². The first-order chi connectivity index (χ1) is 13.2. The van der Waals surface area contributed by atoms with Gasteiger partial charge in [-0.15, -0.1) is 0 Å². The van der Waals surface area contributed by atoms with Crippen LogP contribution < -0.4 is 10.6 Å². The van der Waals surface area contributed by atoms with Crippen molar-refractivity contribution in [3.05, 3.63) is 12.7 Å². The van der Waals surface area contributed by atoms with Crippen LogP contribution in [0.15, 0.2) is 12.7 Å². The lowest BCUT2D eigenvalue weighted by atomic mass is 9.82. The van der Waals surface area contributed by atoms with Gasteiger partial charge >= 0.3 is 0 Å². The van der Waals surface area contributed by atoms with E-state index >= 15 is 0 Å². The number of imidazole rings is 1. The van der Waals surface area contributed by atoms with E-state index in [0.717, 1.165) is 49.9 Å². The largest absolute Gasteiger partial charge is 0.376 e. The molecule has 3 atom stereocenters. The lowest BCUT2D eigenvalue weighted by molar-refractivity contribution is -0.129. The third-order valence-corrected chi connectivity index (χ3v) is 5.70. The highest BCUT2D eigenvalue weighted by molar-refractivity contribution is 5.82. The van der Waals surface area contributed by atoms with Crippen molar-refractivity contribution in [3.63, 3.8) is 0 Å². The molecule has 1 amide bonds. The molecule has 0 saturated heterocycles. The van der Waals surface area contributed by atoms with Gasteiger partial charge < -0.3 is 20.4 Å². The Morgan fingerprint density at radius 1 is 1.26 bits per heavy atom. The van der Waals surface area contributed by atoms with Crippen molar-refractivity contribution in [1.29, 1.82) is 0 Å². The summed E-state index contributed by atoms with van der Waals surface area (Å²) in [6.07, 6.45) is 10.0. The minimum Gasteiger partial charge on any atom is -0.376 e. The van der Waals surface area contributed by atoms with E-state index in [2.05, 4.69) is 37.5 Å². The van der Waals surface area contributed by atoms with Gasteiger partial charge in [0.2, 0.25) is 5.91 Å². The molecule has 2 saturated carbocycles. The van der Waals surface area contributed by atoms with E-state index in [0.29, 0.717) is 18.3 Å². The van der Waals surface area contributed by atoms with Gasteiger partial charge in [0.1, 0.15) is 11.8 Å². The van der Waals surface area contributed by atoms with Crippen LogP contribution in [0.3, 0.4) is 0 Å². The summed E-state index contributed by atoms with van der Waals surface area (Å²) >= 11 is 0. The number of fused-ring (bicyclic) bond motifs is 1. The number of hydrogen-bond donors (Lipinski definition) is 3. The highest BCUT2D eigenvalue weighted by Crippen LogP contribution is 2.31. The second-order valence-corrected chi connectivity index (χ2v) is 7.63. The van der Waals surface area contributed by atoms with Gasteiger partial charge in [0.15, 0.2) is 11.5 Å². The standard InChI is InChI=1S/C19H28N6O2/c1-2-8-27-15-9-12(19(26)24-13-4-3-5-13)6-7-14(15)25-18-16-17(21-10-20-16)22-11-23-18/h10-15H,2-9H2,1H3,(H,24,26)(H2,20,21,22,23,25)/t12-,14+,15+/m0/s1. The zero-order chi connectivity index (χ0) is 18.6. The van der Waals surface area contributed by atoms with Crippen LogP contribution >= 0.6 is 0 Å². The molecule has 27 heavy (non-hydrogen) atoms. The number of amides is 1. The Morgan fingerprint density at radius 2 is 2.15 bits per heavy atom. The second-order valence-electron chi connectivity index (χ2n) is 7.63. The topological polar surface area (TPSA) is 105 Å². The van der Waals surface area contributed by atoms with E-state index in [-0.39, 0.29) is 24.0 Å². The molecular formula is C19H28N6O2. The van der Waals surface area contributed by atoms with Gasteiger partial charge in [-0.2, -0.15) is 0 Å². The Labute approximate surface area is 158 Å². The number of ether oxygens (including phenoxy) is 1. The average Bonchev–Trinajstić information content (AvgIpc) is 3.13. The maximum absolute atomic E-state index is 12.6. The summed E-state index contributed by atoms with van der Waals surface area (Å²) in [7, 11) is 0. The predicted octanol–water partition coefficient (Wildman–Crippen LogP) is 2.40. The number of rotatable bonds is 7. The number of carbonyl (C=O) groups excluding carboxylic acids is 1. The van der Waals surface area contributed by atoms with Crippen molar-refractivity contribution in [2.45, 2.75) is 70.1 Å². The van der Waals surface area contributed by atoms with Gasteiger partial charge in [-0.05, 0) is 44.9 Å². The molecule has 2 aliphatic rings. The summed E-state index contributed by atoms with van der Waals surface area (Å²) < 4.78 is 6.12. The summed E-state index contributed by atoms with van der Waals surface area (Å²) in [5.74, 6) is 0.967. The first kappa shape index (κ1) is 18.2. The Morgan fingerprint density at radius 3 is 2.93 bits per heavy atom. The average molecular weight is 372 g/mol. The summed E-state index contributed by atoms with van der Waals surface area (Å²) in [6, 6.07) is 0.503. The van der Waals surface area contributed by atoms with E-state index in [1.165, 1.54) is 12.7 Å². The van der Waals surface area contributed by atoms with Crippen LogP contribution in [0, 0.1) is 5.92 Å². The number of nitrogens with zero attached hydrogens (tertiary/aromatic N) is 3. The van der Waals surface area contributed by atoms with Crippen molar-refractivity contribution in [2.24, 2.45) is 5.92 Å². The van der Waals surface area contributed by atoms with Crippen LogP contribution in [0.5, 0.6) is 0 Å². The fourth-order valence-electron chi connectivity index (χ4n) is 3.91. The van der Waals surface area contributed by atoms with Crippen LogP contribution in [0.2, 0.25) is 0 Å². The maximum atomic E-state index is 12.6. The molecule has 2 aromatic rings. The molecule has 0 bridgehead atoms. The lowest BCUT2D eigenvalue weighted by Gasteiger charge is -2.37. The molecule has 8 nitrogen and oxygen atoms in total. The number of H-pyrrole nitrogens is 1. The normalized spacial score (nSPS) is 25.9. The van der Waals surface area contributed by atoms with Gasteiger partial charge in [-0.3, -0.25) is 4.79 Å². The third-order valence-electron chi connectivity index (χ3n) is 5.70. The lowest BCUT2D eigenvalue weighted by Crippen LogP contribution is -2.48. The number of aromatic nitrogens is 4. The molecule has 0 unspecified atom stereocenters. The number of aromatic amines is 1. The van der Waals surface area contributed by atoms with Crippen molar-refractivity contribution in [1.82, 2.24) is 25.3 Å². The first-order valence-corrected chi connectivity index (χ1v) is 10.1. The molecule has 146 valence electrons. The van der Waals surface area contributed by atoms with Crippen LogP contribution in [0.4, 0.5) is 5.82 Å². The van der Waals surface area contributed by atoms with Crippen LogP contribution in [-0.4, -0.2) is 50.6 Å². The fraction of sp³-hybridized carbons (Fsp3) is 0.684. The van der Waals surface area contributed by atoms with Gasteiger partial charge in [-0.1, -0.05) is 6.92 Å². The highest BCUT2D eigenvalue weighted by Gasteiger charge is 2.36. The molecule has 8 heteroatoms. The summed E-state index contributed by atoms with van der Waals surface area (Å²) in [4.78, 5) is 28.4. The summed E-state index contributed by atoms with van der Waals surface area (Å²) in [6.45, 7) is 2.80. The maximum Gasteiger partial charge on any atom is 0.223 e. The fourth-order valence-corrected chi connectivity index (χ4v) is 3.91. The minimum atomic E-state index is -0.0104. The number of nitrogens with one attached hydrogen (secondary N) is 3. The first-order valence-electron chi connectivity index (χ1n) is 10.1. The smallest absolute Gasteiger partial charge is 0.223 e. The number of hydrogen-bond acceptors (Lipinski definition) is 6. The Hall–Kier alpha value is -2.22. The molecule has 0 aromatic carbocycles.